The van der Waals surface area contributed by atoms with Crippen molar-refractivity contribution in [3.8, 4) is 5.75 Å². The Morgan fingerprint density at radius 3 is 3.10 bits per heavy atom. The van der Waals surface area contributed by atoms with Crippen molar-refractivity contribution < 1.29 is 9.47 Å². The van der Waals surface area contributed by atoms with Gasteiger partial charge in [-0.15, -0.1) is 0 Å². The number of nitrogens with one attached hydrogen (secondary N) is 1. The van der Waals surface area contributed by atoms with Gasteiger partial charge >= 0.3 is 0 Å². The zero-order valence-corrected chi connectivity index (χ0v) is 12.4. The second-order valence-electron chi connectivity index (χ2n) is 5.64. The fraction of sp³-hybridized carbons (Fsp3) is 0.625. The van der Waals surface area contributed by atoms with E-state index >= 15 is 0 Å². The van der Waals surface area contributed by atoms with Crippen molar-refractivity contribution in [3.05, 3.63) is 29.3 Å². The first-order valence-corrected chi connectivity index (χ1v) is 7.57. The van der Waals surface area contributed by atoms with Crippen LogP contribution in [0.5, 0.6) is 5.75 Å². The minimum Gasteiger partial charge on any atom is -0.493 e. The molecule has 2 unspecified atom stereocenters. The second kappa shape index (κ2) is 6.12. The van der Waals surface area contributed by atoms with E-state index in [0.717, 1.165) is 45.0 Å². The number of hydrogen-bond acceptors (Lipinski definition) is 4. The predicted molar refractivity (Wildman–Crippen MR) is 79.3 cm³/mol. The van der Waals surface area contributed by atoms with E-state index in [9.17, 15) is 0 Å². The Kier molecular flexibility index (Phi) is 4.24. The van der Waals surface area contributed by atoms with Gasteiger partial charge in [0, 0.05) is 25.1 Å². The van der Waals surface area contributed by atoms with E-state index < -0.39 is 0 Å². The van der Waals surface area contributed by atoms with Crippen LogP contribution in [0.3, 0.4) is 0 Å². The van der Waals surface area contributed by atoms with Crippen molar-refractivity contribution >= 4 is 0 Å². The Labute approximate surface area is 121 Å². The lowest BCUT2D eigenvalue weighted by atomic mass is 9.96. The fourth-order valence-corrected chi connectivity index (χ4v) is 3.16. The van der Waals surface area contributed by atoms with E-state index in [1.807, 2.05) is 0 Å². The average Bonchev–Trinajstić information content (AvgIpc) is 2.93. The molecule has 1 N–H and O–H groups in total. The zero-order valence-electron chi connectivity index (χ0n) is 12.4. The van der Waals surface area contributed by atoms with E-state index in [4.69, 9.17) is 9.47 Å². The number of rotatable bonds is 4. The van der Waals surface area contributed by atoms with Gasteiger partial charge in [0.1, 0.15) is 5.75 Å². The Hall–Kier alpha value is -1.10. The number of fused-ring (bicyclic) bond motifs is 1. The molecule has 0 spiro atoms. The van der Waals surface area contributed by atoms with Crippen molar-refractivity contribution in [1.82, 2.24) is 10.2 Å². The van der Waals surface area contributed by atoms with E-state index in [2.05, 4.69) is 42.4 Å². The van der Waals surface area contributed by atoms with Crippen LogP contribution in [0.1, 0.15) is 24.1 Å². The van der Waals surface area contributed by atoms with Crippen LogP contribution in [-0.2, 0) is 11.2 Å². The summed E-state index contributed by atoms with van der Waals surface area (Å²) in [6.45, 7) is 6.65. The summed E-state index contributed by atoms with van der Waals surface area (Å²) in [5.41, 5.74) is 2.58. The molecule has 2 aliphatic rings. The maximum absolute atomic E-state index is 6.02. The Balaban J connectivity index is 1.88. The summed E-state index contributed by atoms with van der Waals surface area (Å²) in [7, 11) is 2.16. The highest BCUT2D eigenvalue weighted by Crippen LogP contribution is 2.35. The molecule has 0 aliphatic carbocycles. The van der Waals surface area contributed by atoms with Crippen LogP contribution < -0.4 is 10.1 Å². The maximum Gasteiger partial charge on any atom is 0.127 e. The third-order valence-electron chi connectivity index (χ3n) is 4.17. The monoisotopic (exact) mass is 276 g/mol. The number of morpholine rings is 1. The molecule has 1 saturated heterocycles. The molecule has 0 amide bonds. The summed E-state index contributed by atoms with van der Waals surface area (Å²) in [6.07, 6.45) is 1.21. The topological polar surface area (TPSA) is 33.7 Å². The molecule has 2 heterocycles. The quantitative estimate of drug-likeness (QED) is 0.906. The highest BCUT2D eigenvalue weighted by Gasteiger charge is 2.31. The number of hydrogen-bond donors (Lipinski definition) is 1. The molecule has 20 heavy (non-hydrogen) atoms. The van der Waals surface area contributed by atoms with E-state index in [1.54, 1.807) is 0 Å². The Morgan fingerprint density at radius 1 is 1.40 bits per heavy atom. The van der Waals surface area contributed by atoms with E-state index in [0.29, 0.717) is 0 Å². The molecular weight excluding hydrogens is 252 g/mol. The van der Waals surface area contributed by atoms with Crippen molar-refractivity contribution in [2.45, 2.75) is 25.5 Å². The first-order valence-electron chi connectivity index (χ1n) is 7.57. The molecule has 110 valence electrons. The van der Waals surface area contributed by atoms with Crippen LogP contribution in [0.15, 0.2) is 18.2 Å². The SMILES string of the molecule is CCNC(c1cccc2c1OCC2)C1CN(C)CCO1. The van der Waals surface area contributed by atoms with Gasteiger partial charge in [0.2, 0.25) is 0 Å². The van der Waals surface area contributed by atoms with Gasteiger partial charge in [-0.3, -0.25) is 0 Å². The Morgan fingerprint density at radius 2 is 2.30 bits per heavy atom. The van der Waals surface area contributed by atoms with Crippen molar-refractivity contribution in [3.63, 3.8) is 0 Å². The summed E-state index contributed by atoms with van der Waals surface area (Å²) >= 11 is 0. The number of ether oxygens (including phenoxy) is 2. The predicted octanol–water partition coefficient (Wildman–Crippen LogP) is 1.60. The van der Waals surface area contributed by atoms with Crippen molar-refractivity contribution in [2.24, 2.45) is 0 Å². The average molecular weight is 276 g/mol. The van der Waals surface area contributed by atoms with Gasteiger partial charge in [-0.1, -0.05) is 25.1 Å². The molecule has 0 aromatic heterocycles. The minimum atomic E-state index is 0.185. The third-order valence-corrected chi connectivity index (χ3v) is 4.17. The zero-order chi connectivity index (χ0) is 13.9. The molecule has 0 saturated carbocycles. The largest absolute Gasteiger partial charge is 0.493 e. The van der Waals surface area contributed by atoms with Crippen LogP contribution in [0.4, 0.5) is 0 Å². The molecule has 4 heteroatoms. The molecule has 4 nitrogen and oxygen atoms in total. The first kappa shape index (κ1) is 13.9. The van der Waals surface area contributed by atoms with Gasteiger partial charge in [0.05, 0.1) is 25.4 Å². The molecule has 1 aromatic rings. The van der Waals surface area contributed by atoms with Gasteiger partial charge in [0.25, 0.3) is 0 Å². The van der Waals surface area contributed by atoms with Crippen molar-refractivity contribution in [2.75, 3.05) is 39.9 Å². The number of para-hydroxylation sites is 1. The van der Waals surface area contributed by atoms with Gasteiger partial charge in [-0.25, -0.2) is 0 Å². The number of benzene rings is 1. The molecule has 0 bridgehead atoms. The molecule has 3 rings (SSSR count). The number of likely N-dealkylation sites (N-methyl/N-ethyl adjacent to an activating group) is 2. The highest BCUT2D eigenvalue weighted by atomic mass is 16.5. The van der Waals surface area contributed by atoms with Crippen LogP contribution in [-0.4, -0.2) is 50.9 Å². The summed E-state index contributed by atoms with van der Waals surface area (Å²) in [6, 6.07) is 6.69. The summed E-state index contributed by atoms with van der Waals surface area (Å²) < 4.78 is 11.9. The van der Waals surface area contributed by atoms with Gasteiger partial charge in [-0.05, 0) is 19.2 Å². The highest BCUT2D eigenvalue weighted by molar-refractivity contribution is 5.46. The van der Waals surface area contributed by atoms with Crippen LogP contribution in [0.2, 0.25) is 0 Å². The number of nitrogens with zero attached hydrogens (tertiary/aromatic N) is 1. The Bertz CT molecular complexity index is 464. The normalized spacial score (nSPS) is 24.2. The van der Waals surface area contributed by atoms with Crippen molar-refractivity contribution in [1.29, 1.82) is 0 Å². The minimum absolute atomic E-state index is 0.185. The van der Waals surface area contributed by atoms with Gasteiger partial charge < -0.3 is 19.7 Å². The summed E-state index contributed by atoms with van der Waals surface area (Å²) in [5.74, 6) is 1.08. The van der Waals surface area contributed by atoms with Crippen LogP contribution >= 0.6 is 0 Å². The molecule has 2 aliphatic heterocycles. The standard InChI is InChI=1S/C16H24N2O2/c1-3-17-15(14-11-18(2)8-10-19-14)13-6-4-5-12-7-9-20-16(12)13/h4-6,14-15,17H,3,7-11H2,1-2H3. The molecule has 2 atom stereocenters. The first-order chi connectivity index (χ1) is 9.79. The van der Waals surface area contributed by atoms with E-state index in [1.165, 1.54) is 11.1 Å². The molecule has 1 aromatic carbocycles. The van der Waals surface area contributed by atoms with Gasteiger partial charge in [-0.2, -0.15) is 0 Å². The van der Waals surface area contributed by atoms with Crippen LogP contribution in [0.25, 0.3) is 0 Å². The summed E-state index contributed by atoms with van der Waals surface area (Å²) in [4.78, 5) is 2.34. The van der Waals surface area contributed by atoms with E-state index in [-0.39, 0.29) is 12.1 Å². The lowest BCUT2D eigenvalue weighted by Gasteiger charge is -2.36. The lowest BCUT2D eigenvalue weighted by molar-refractivity contribution is -0.0393. The lowest BCUT2D eigenvalue weighted by Crippen LogP contribution is -2.46. The fourth-order valence-electron chi connectivity index (χ4n) is 3.16. The maximum atomic E-state index is 6.02. The molecular formula is C16H24N2O2. The van der Waals surface area contributed by atoms with Gasteiger partial charge in [0.15, 0.2) is 0 Å². The molecule has 1 fully saturated rings. The third kappa shape index (κ3) is 2.68. The smallest absolute Gasteiger partial charge is 0.127 e. The second-order valence-corrected chi connectivity index (χ2v) is 5.64. The summed E-state index contributed by atoms with van der Waals surface area (Å²) in [5, 5.41) is 3.59. The van der Waals surface area contributed by atoms with Crippen LogP contribution in [0, 0.1) is 0 Å². The molecule has 0 radical (unpaired) electrons.